The predicted molar refractivity (Wildman–Crippen MR) is 74.8 cm³/mol. The highest BCUT2D eigenvalue weighted by Crippen LogP contribution is 2.24. The second-order valence-electron chi connectivity index (χ2n) is 4.22. The first kappa shape index (κ1) is 14.3. The molecule has 0 amide bonds. The quantitative estimate of drug-likeness (QED) is 0.887. The summed E-state index contributed by atoms with van der Waals surface area (Å²) in [6, 6.07) is 5.28. The summed E-state index contributed by atoms with van der Waals surface area (Å²) < 4.78 is 1.63. The van der Waals surface area contributed by atoms with Crippen LogP contribution in [0.1, 0.15) is 12.6 Å². The van der Waals surface area contributed by atoms with Crippen LogP contribution in [0.2, 0.25) is 10.0 Å². The molecule has 0 aliphatic heterocycles. The van der Waals surface area contributed by atoms with Crippen LogP contribution in [-0.4, -0.2) is 32.7 Å². The maximum absolute atomic E-state index is 8.92. The van der Waals surface area contributed by atoms with Crippen LogP contribution in [0.3, 0.4) is 0 Å². The van der Waals surface area contributed by atoms with Crippen molar-refractivity contribution < 1.29 is 5.11 Å². The third-order valence-electron chi connectivity index (χ3n) is 2.61. The molecule has 0 saturated carbocycles. The Bertz CT molecular complexity index is 558. The lowest BCUT2D eigenvalue weighted by molar-refractivity contribution is 0.250. The van der Waals surface area contributed by atoms with Crippen LogP contribution in [0.4, 0.5) is 0 Å². The first-order chi connectivity index (χ1) is 9.10. The van der Waals surface area contributed by atoms with Gasteiger partial charge in [0, 0.05) is 12.6 Å². The Balaban J connectivity index is 2.09. The fraction of sp³-hybridized carbons (Fsp3) is 0.333. The molecular formula is C12H14Cl2N4O. The number of benzene rings is 1. The van der Waals surface area contributed by atoms with Gasteiger partial charge in [-0.25, -0.2) is 4.68 Å². The number of nitrogens with one attached hydrogen (secondary N) is 1. The molecule has 5 nitrogen and oxygen atoms in total. The van der Waals surface area contributed by atoms with Crippen LogP contribution >= 0.6 is 23.2 Å². The third kappa shape index (κ3) is 3.67. The van der Waals surface area contributed by atoms with Gasteiger partial charge < -0.3 is 10.4 Å². The van der Waals surface area contributed by atoms with Crippen molar-refractivity contribution >= 4 is 23.2 Å². The minimum absolute atomic E-state index is 0.0233. The molecule has 0 aliphatic rings. The van der Waals surface area contributed by atoms with E-state index < -0.39 is 0 Å². The van der Waals surface area contributed by atoms with Crippen molar-refractivity contribution in [2.24, 2.45) is 0 Å². The van der Waals surface area contributed by atoms with Crippen LogP contribution in [0.15, 0.2) is 24.4 Å². The molecule has 2 rings (SSSR count). The number of aliphatic hydroxyl groups is 1. The van der Waals surface area contributed by atoms with E-state index in [1.807, 2.05) is 13.0 Å². The highest BCUT2D eigenvalue weighted by atomic mass is 35.5. The molecule has 0 unspecified atom stereocenters. The van der Waals surface area contributed by atoms with Gasteiger partial charge in [0.1, 0.15) is 0 Å². The van der Waals surface area contributed by atoms with Crippen molar-refractivity contribution in [1.29, 1.82) is 0 Å². The van der Waals surface area contributed by atoms with Gasteiger partial charge >= 0.3 is 0 Å². The normalized spacial score (nSPS) is 12.6. The predicted octanol–water partition coefficient (Wildman–Crippen LogP) is 2.04. The fourth-order valence-electron chi connectivity index (χ4n) is 1.48. The Labute approximate surface area is 121 Å². The van der Waals surface area contributed by atoms with E-state index in [1.165, 1.54) is 0 Å². The molecule has 0 spiro atoms. The zero-order chi connectivity index (χ0) is 13.8. The number of halogens is 2. The van der Waals surface area contributed by atoms with Crippen LogP contribution in [0.5, 0.6) is 0 Å². The van der Waals surface area contributed by atoms with Gasteiger partial charge in [-0.3, -0.25) is 0 Å². The Morgan fingerprint density at radius 1 is 1.37 bits per heavy atom. The van der Waals surface area contributed by atoms with E-state index in [0.29, 0.717) is 16.6 Å². The molecule has 2 N–H and O–H groups in total. The smallest absolute Gasteiger partial charge is 0.0969 e. The van der Waals surface area contributed by atoms with Crippen LogP contribution in [-0.2, 0) is 6.54 Å². The number of hydrogen-bond donors (Lipinski definition) is 2. The third-order valence-corrected chi connectivity index (χ3v) is 3.35. The van der Waals surface area contributed by atoms with Crippen molar-refractivity contribution in [2.75, 3.05) is 6.61 Å². The summed E-state index contributed by atoms with van der Waals surface area (Å²) in [5.41, 5.74) is 1.58. The lowest BCUT2D eigenvalue weighted by Gasteiger charge is -2.07. The maximum Gasteiger partial charge on any atom is 0.0969 e. The topological polar surface area (TPSA) is 63.0 Å². The molecule has 1 aromatic heterocycles. The van der Waals surface area contributed by atoms with Gasteiger partial charge in [-0.05, 0) is 25.1 Å². The number of nitrogens with zero attached hydrogens (tertiary/aromatic N) is 3. The number of hydrogen-bond acceptors (Lipinski definition) is 4. The molecule has 0 bridgehead atoms. The van der Waals surface area contributed by atoms with Crippen molar-refractivity contribution in [3.8, 4) is 5.69 Å². The fourth-order valence-corrected chi connectivity index (χ4v) is 1.77. The molecular weight excluding hydrogens is 287 g/mol. The number of aliphatic hydroxyl groups excluding tert-OH is 1. The second-order valence-corrected chi connectivity index (χ2v) is 5.03. The minimum Gasteiger partial charge on any atom is -0.395 e. The van der Waals surface area contributed by atoms with E-state index in [-0.39, 0.29) is 12.6 Å². The van der Waals surface area contributed by atoms with E-state index in [0.717, 1.165) is 11.4 Å². The molecule has 1 atom stereocenters. The van der Waals surface area contributed by atoms with Gasteiger partial charge in [-0.1, -0.05) is 28.4 Å². The second kappa shape index (κ2) is 6.34. The van der Waals surface area contributed by atoms with Gasteiger partial charge in [-0.2, -0.15) is 0 Å². The molecule has 0 saturated heterocycles. The first-order valence-corrected chi connectivity index (χ1v) is 6.56. The van der Waals surface area contributed by atoms with Crippen molar-refractivity contribution in [3.63, 3.8) is 0 Å². The van der Waals surface area contributed by atoms with Gasteiger partial charge in [0.25, 0.3) is 0 Å². The molecule has 19 heavy (non-hydrogen) atoms. The number of rotatable bonds is 5. The maximum atomic E-state index is 8.92. The minimum atomic E-state index is 0.0233. The standard InChI is InChI=1S/C12H14Cl2N4O/c1-8(7-19)15-5-9-6-18(17-16-9)10-2-3-11(13)12(14)4-10/h2-4,6,8,15,19H,5,7H2,1H3/t8-/m0/s1. The Morgan fingerprint density at radius 2 is 2.16 bits per heavy atom. The van der Waals surface area contributed by atoms with Gasteiger partial charge in [-0.15, -0.1) is 5.10 Å². The van der Waals surface area contributed by atoms with Gasteiger partial charge in [0.15, 0.2) is 0 Å². The summed E-state index contributed by atoms with van der Waals surface area (Å²) in [7, 11) is 0. The zero-order valence-corrected chi connectivity index (χ0v) is 11.9. The average Bonchev–Trinajstić information content (AvgIpc) is 2.88. The molecule has 0 radical (unpaired) electrons. The van der Waals surface area contributed by atoms with Gasteiger partial charge in [0.05, 0.1) is 34.2 Å². The summed E-state index contributed by atoms with van der Waals surface area (Å²) in [6.07, 6.45) is 1.80. The van der Waals surface area contributed by atoms with Crippen molar-refractivity contribution in [2.45, 2.75) is 19.5 Å². The SMILES string of the molecule is C[C@@H](CO)NCc1cn(-c2ccc(Cl)c(Cl)c2)nn1. The summed E-state index contributed by atoms with van der Waals surface area (Å²) >= 11 is 11.8. The number of aromatic nitrogens is 3. The zero-order valence-electron chi connectivity index (χ0n) is 10.3. The van der Waals surface area contributed by atoms with Crippen LogP contribution in [0, 0.1) is 0 Å². The first-order valence-electron chi connectivity index (χ1n) is 5.81. The molecule has 7 heteroatoms. The Kier molecular flexibility index (Phi) is 4.76. The van der Waals surface area contributed by atoms with E-state index >= 15 is 0 Å². The Hall–Kier alpha value is -1.14. The van der Waals surface area contributed by atoms with Crippen LogP contribution in [0.25, 0.3) is 5.69 Å². The van der Waals surface area contributed by atoms with E-state index in [4.69, 9.17) is 28.3 Å². The lowest BCUT2D eigenvalue weighted by Crippen LogP contribution is -2.28. The van der Waals surface area contributed by atoms with Gasteiger partial charge in [0.2, 0.25) is 0 Å². The molecule has 1 aromatic carbocycles. The molecule has 2 aromatic rings. The summed E-state index contributed by atoms with van der Waals surface area (Å²) in [4.78, 5) is 0. The molecule has 1 heterocycles. The van der Waals surface area contributed by atoms with Crippen molar-refractivity contribution in [1.82, 2.24) is 20.3 Å². The molecule has 0 aliphatic carbocycles. The average molecular weight is 301 g/mol. The summed E-state index contributed by atoms with van der Waals surface area (Å²) in [6.45, 7) is 2.52. The van der Waals surface area contributed by atoms with E-state index in [9.17, 15) is 0 Å². The monoisotopic (exact) mass is 300 g/mol. The van der Waals surface area contributed by atoms with Crippen LogP contribution < -0.4 is 5.32 Å². The summed E-state index contributed by atoms with van der Waals surface area (Å²) in [5.74, 6) is 0. The van der Waals surface area contributed by atoms with Crippen molar-refractivity contribution in [3.05, 3.63) is 40.1 Å². The lowest BCUT2D eigenvalue weighted by atomic mass is 10.3. The molecule has 0 fully saturated rings. The Morgan fingerprint density at radius 3 is 2.84 bits per heavy atom. The van der Waals surface area contributed by atoms with E-state index in [2.05, 4.69) is 15.6 Å². The molecule has 102 valence electrons. The largest absolute Gasteiger partial charge is 0.395 e. The highest BCUT2D eigenvalue weighted by Gasteiger charge is 2.06. The highest BCUT2D eigenvalue weighted by molar-refractivity contribution is 6.42. The van der Waals surface area contributed by atoms with E-state index in [1.54, 1.807) is 23.0 Å². The summed E-state index contributed by atoms with van der Waals surface area (Å²) in [5, 5.41) is 21.1.